The van der Waals surface area contributed by atoms with E-state index in [1.807, 2.05) is 37.3 Å². The van der Waals surface area contributed by atoms with E-state index in [1.165, 1.54) is 4.90 Å². The van der Waals surface area contributed by atoms with Crippen molar-refractivity contribution < 1.29 is 23.5 Å². The molecule has 1 atom stereocenters. The molecule has 2 heterocycles. The first kappa shape index (κ1) is 21.2. The van der Waals surface area contributed by atoms with Crippen molar-refractivity contribution in [2.75, 3.05) is 6.54 Å². The van der Waals surface area contributed by atoms with Crippen molar-refractivity contribution in [1.29, 1.82) is 0 Å². The Bertz CT molecular complexity index is 1280. The molecule has 7 nitrogen and oxygen atoms in total. The van der Waals surface area contributed by atoms with Crippen LogP contribution in [0.5, 0.6) is 5.75 Å². The second kappa shape index (κ2) is 8.73. The monoisotopic (exact) mass is 447 g/mol. The van der Waals surface area contributed by atoms with Crippen LogP contribution in [0.15, 0.2) is 51.7 Å². The number of carbonyl (C=O) groups excluding carboxylic acids is 2. The first-order valence-electron chi connectivity index (χ1n) is 11.3. The quantitative estimate of drug-likeness (QED) is 0.337. The maximum absolute atomic E-state index is 13.2. The fourth-order valence-corrected chi connectivity index (χ4v) is 4.79. The second-order valence-electron chi connectivity index (χ2n) is 8.65. The van der Waals surface area contributed by atoms with Crippen LogP contribution in [-0.2, 0) is 29.0 Å². The van der Waals surface area contributed by atoms with E-state index in [4.69, 9.17) is 13.9 Å². The van der Waals surface area contributed by atoms with Crippen molar-refractivity contribution in [3.63, 3.8) is 0 Å². The summed E-state index contributed by atoms with van der Waals surface area (Å²) in [5, 5.41) is 0.678. The van der Waals surface area contributed by atoms with Crippen LogP contribution in [-0.4, -0.2) is 29.5 Å². The van der Waals surface area contributed by atoms with E-state index in [9.17, 15) is 14.4 Å². The summed E-state index contributed by atoms with van der Waals surface area (Å²) in [5.41, 5.74) is 3.36. The van der Waals surface area contributed by atoms with E-state index < -0.39 is 18.1 Å². The number of rotatable bonds is 4. The van der Waals surface area contributed by atoms with E-state index >= 15 is 0 Å². The number of likely N-dealkylation sites (tertiary alicyclic amines) is 1. The van der Waals surface area contributed by atoms with Gasteiger partial charge in [-0.05, 0) is 67.9 Å². The van der Waals surface area contributed by atoms with Gasteiger partial charge >= 0.3 is 17.7 Å². The molecule has 0 saturated carbocycles. The van der Waals surface area contributed by atoms with E-state index in [0.717, 1.165) is 29.5 Å². The number of hydrogen-bond donors (Lipinski definition) is 0. The zero-order valence-corrected chi connectivity index (χ0v) is 18.5. The van der Waals surface area contributed by atoms with Gasteiger partial charge in [0.2, 0.25) is 0 Å². The lowest BCUT2D eigenvalue weighted by molar-refractivity contribution is -0.138. The highest BCUT2D eigenvalue weighted by atomic mass is 16.6. The first-order chi connectivity index (χ1) is 16.0. The molecule has 0 unspecified atom stereocenters. The summed E-state index contributed by atoms with van der Waals surface area (Å²) in [6.45, 7) is 2.44. The lowest BCUT2D eigenvalue weighted by Crippen LogP contribution is -2.42. The highest BCUT2D eigenvalue weighted by Gasteiger charge is 2.37. The van der Waals surface area contributed by atoms with Crippen LogP contribution in [0.4, 0.5) is 4.79 Å². The summed E-state index contributed by atoms with van der Waals surface area (Å²) in [6, 6.07) is 12.3. The van der Waals surface area contributed by atoms with Gasteiger partial charge < -0.3 is 13.9 Å². The smallest absolute Gasteiger partial charge is 0.410 e. The third kappa shape index (κ3) is 4.11. The van der Waals surface area contributed by atoms with Gasteiger partial charge in [-0.1, -0.05) is 30.3 Å². The topological polar surface area (TPSA) is 86.0 Å². The van der Waals surface area contributed by atoms with E-state index in [2.05, 4.69) is 0 Å². The normalized spacial score (nSPS) is 17.2. The minimum atomic E-state index is -0.715. The van der Waals surface area contributed by atoms with Crippen molar-refractivity contribution in [3.05, 3.63) is 75.1 Å². The molecule has 170 valence electrons. The molecule has 0 radical (unpaired) electrons. The van der Waals surface area contributed by atoms with Crippen LogP contribution < -0.4 is 10.4 Å². The number of esters is 1. The lowest BCUT2D eigenvalue weighted by atomic mass is 10.0. The van der Waals surface area contributed by atoms with E-state index in [-0.39, 0.29) is 12.2 Å². The number of nitrogens with zero attached hydrogens (tertiary/aromatic N) is 1. The van der Waals surface area contributed by atoms with Gasteiger partial charge in [0.05, 0.1) is 5.39 Å². The van der Waals surface area contributed by atoms with Crippen molar-refractivity contribution in [1.82, 2.24) is 4.90 Å². The van der Waals surface area contributed by atoms with Gasteiger partial charge in [-0.3, -0.25) is 4.90 Å². The first-order valence-corrected chi connectivity index (χ1v) is 11.3. The number of benzene rings is 2. The summed E-state index contributed by atoms with van der Waals surface area (Å²) in [4.78, 5) is 39.6. The standard InChI is InChI=1S/C26H25NO6/c1-16-13-21-23(18-9-5-10-19(18)24(28)32-21)22(14-16)33-25(29)20-11-6-12-27(20)26(30)31-15-17-7-3-2-4-8-17/h2-4,7-8,13-14,20H,5-6,9-12,15H2,1H3/t20-/m0/s1. The molecule has 5 rings (SSSR count). The third-order valence-electron chi connectivity index (χ3n) is 6.35. The van der Waals surface area contributed by atoms with Gasteiger partial charge in [-0.2, -0.15) is 0 Å². The maximum Gasteiger partial charge on any atom is 0.410 e. The predicted octanol–water partition coefficient (Wildman–Crippen LogP) is 4.30. The number of aryl methyl sites for hydroxylation is 2. The molecule has 1 aromatic heterocycles. The minimum Gasteiger partial charge on any atom is -0.445 e. The summed E-state index contributed by atoms with van der Waals surface area (Å²) < 4.78 is 16.8. The summed E-state index contributed by atoms with van der Waals surface area (Å²) in [5.74, 6) is -0.129. The SMILES string of the molecule is Cc1cc(OC(=O)[C@@H]2CCCN2C(=O)OCc2ccccc2)c2c3c(c(=O)oc2c1)CCC3. The molecule has 7 heteroatoms. The van der Waals surface area contributed by atoms with Gasteiger partial charge in [0.25, 0.3) is 0 Å². The van der Waals surface area contributed by atoms with E-state index in [0.29, 0.717) is 48.1 Å². The molecule has 3 aromatic rings. The van der Waals surface area contributed by atoms with Gasteiger partial charge in [-0.25, -0.2) is 14.4 Å². The number of carbonyl (C=O) groups is 2. The molecule has 0 spiro atoms. The number of hydrogen-bond acceptors (Lipinski definition) is 6. The Morgan fingerprint density at radius 3 is 2.70 bits per heavy atom. The zero-order chi connectivity index (χ0) is 22.9. The van der Waals surface area contributed by atoms with Crippen LogP contribution in [0.1, 0.15) is 41.5 Å². The van der Waals surface area contributed by atoms with Crippen molar-refractivity contribution in [2.24, 2.45) is 0 Å². The summed E-state index contributed by atoms with van der Waals surface area (Å²) >= 11 is 0. The molecular formula is C26H25NO6. The molecular weight excluding hydrogens is 422 g/mol. The Morgan fingerprint density at radius 1 is 1.09 bits per heavy atom. The lowest BCUT2D eigenvalue weighted by Gasteiger charge is -2.23. The van der Waals surface area contributed by atoms with Crippen LogP contribution in [0.25, 0.3) is 11.0 Å². The largest absolute Gasteiger partial charge is 0.445 e. The molecule has 1 fully saturated rings. The Hall–Kier alpha value is -3.61. The third-order valence-corrected chi connectivity index (χ3v) is 6.35. The number of ether oxygens (including phenoxy) is 2. The Balaban J connectivity index is 1.37. The molecule has 2 aromatic carbocycles. The molecule has 1 aliphatic heterocycles. The molecule has 1 saturated heterocycles. The number of fused-ring (bicyclic) bond motifs is 3. The molecule has 33 heavy (non-hydrogen) atoms. The van der Waals surface area contributed by atoms with Crippen LogP contribution in [0, 0.1) is 6.92 Å². The Labute approximate surface area is 190 Å². The van der Waals surface area contributed by atoms with Crippen molar-refractivity contribution >= 4 is 23.0 Å². The highest BCUT2D eigenvalue weighted by Crippen LogP contribution is 2.35. The van der Waals surface area contributed by atoms with Gasteiger partial charge in [0.15, 0.2) is 0 Å². The average Bonchev–Trinajstić information content (AvgIpc) is 3.48. The average molecular weight is 447 g/mol. The van der Waals surface area contributed by atoms with Gasteiger partial charge in [0, 0.05) is 12.1 Å². The van der Waals surface area contributed by atoms with Crippen LogP contribution >= 0.6 is 0 Å². The second-order valence-corrected chi connectivity index (χ2v) is 8.65. The Kier molecular flexibility index (Phi) is 5.62. The Morgan fingerprint density at radius 2 is 1.88 bits per heavy atom. The summed E-state index contributed by atoms with van der Waals surface area (Å²) in [7, 11) is 0. The molecule has 1 amide bonds. The van der Waals surface area contributed by atoms with Gasteiger partial charge in [0.1, 0.15) is 24.0 Å². The summed E-state index contributed by atoms with van der Waals surface area (Å²) in [6.07, 6.45) is 2.95. The van der Waals surface area contributed by atoms with E-state index in [1.54, 1.807) is 12.1 Å². The predicted molar refractivity (Wildman–Crippen MR) is 121 cm³/mol. The molecule has 2 aliphatic rings. The zero-order valence-electron chi connectivity index (χ0n) is 18.5. The van der Waals surface area contributed by atoms with Crippen molar-refractivity contribution in [3.8, 4) is 5.75 Å². The fourth-order valence-electron chi connectivity index (χ4n) is 4.79. The highest BCUT2D eigenvalue weighted by molar-refractivity contribution is 5.92. The molecule has 1 aliphatic carbocycles. The maximum atomic E-state index is 13.2. The number of amides is 1. The fraction of sp³-hybridized carbons (Fsp3) is 0.346. The molecule has 0 bridgehead atoms. The van der Waals surface area contributed by atoms with Crippen LogP contribution in [0.3, 0.4) is 0 Å². The van der Waals surface area contributed by atoms with Gasteiger partial charge in [-0.15, -0.1) is 0 Å². The van der Waals surface area contributed by atoms with Crippen molar-refractivity contribution in [2.45, 2.75) is 51.7 Å². The molecule has 0 N–H and O–H groups in total. The van der Waals surface area contributed by atoms with Crippen LogP contribution in [0.2, 0.25) is 0 Å². The minimum absolute atomic E-state index is 0.144.